The zero-order valence-electron chi connectivity index (χ0n) is 13.7. The zero-order chi connectivity index (χ0) is 15.4. The molecule has 1 heterocycles. The number of nitrogens with zero attached hydrogens (tertiary/aromatic N) is 2. The van der Waals surface area contributed by atoms with Crippen LogP contribution in [0.1, 0.15) is 37.6 Å². The van der Waals surface area contributed by atoms with E-state index in [1.54, 1.807) is 0 Å². The Morgan fingerprint density at radius 2 is 1.76 bits per heavy atom. The minimum absolute atomic E-state index is 0.675. The van der Waals surface area contributed by atoms with Gasteiger partial charge < -0.3 is 5.32 Å². The SMILES string of the molecule is CCc1nc(-c2ccc(CC(C)C)cc2)nc(NC)c1C. The highest BCUT2D eigenvalue weighted by atomic mass is 15.0. The molecule has 0 aliphatic heterocycles. The second-order valence-corrected chi connectivity index (χ2v) is 5.87. The van der Waals surface area contributed by atoms with Gasteiger partial charge in [0, 0.05) is 23.9 Å². The van der Waals surface area contributed by atoms with Crippen molar-refractivity contribution < 1.29 is 0 Å². The van der Waals surface area contributed by atoms with Crippen molar-refractivity contribution in [3.63, 3.8) is 0 Å². The molecule has 0 spiro atoms. The molecule has 0 aliphatic rings. The number of aromatic nitrogens is 2. The molecule has 0 unspecified atom stereocenters. The van der Waals surface area contributed by atoms with Crippen LogP contribution in [0.4, 0.5) is 5.82 Å². The molecule has 0 saturated heterocycles. The van der Waals surface area contributed by atoms with E-state index in [9.17, 15) is 0 Å². The molecule has 112 valence electrons. The quantitative estimate of drug-likeness (QED) is 0.891. The van der Waals surface area contributed by atoms with Gasteiger partial charge in [-0.3, -0.25) is 0 Å². The Morgan fingerprint density at radius 1 is 1.10 bits per heavy atom. The summed E-state index contributed by atoms with van der Waals surface area (Å²) in [7, 11) is 1.91. The van der Waals surface area contributed by atoms with Gasteiger partial charge in [0.1, 0.15) is 5.82 Å². The molecular weight excluding hydrogens is 258 g/mol. The van der Waals surface area contributed by atoms with Crippen molar-refractivity contribution >= 4 is 5.82 Å². The van der Waals surface area contributed by atoms with Crippen molar-refractivity contribution in [2.75, 3.05) is 12.4 Å². The Balaban J connectivity index is 2.37. The van der Waals surface area contributed by atoms with Crippen molar-refractivity contribution in [3.8, 4) is 11.4 Å². The molecule has 0 aliphatic carbocycles. The predicted molar refractivity (Wildman–Crippen MR) is 89.7 cm³/mol. The van der Waals surface area contributed by atoms with Crippen molar-refractivity contribution in [2.45, 2.75) is 40.5 Å². The second kappa shape index (κ2) is 6.70. The molecule has 21 heavy (non-hydrogen) atoms. The van der Waals surface area contributed by atoms with Crippen LogP contribution in [0.5, 0.6) is 0 Å². The van der Waals surface area contributed by atoms with E-state index in [1.165, 1.54) is 5.56 Å². The van der Waals surface area contributed by atoms with E-state index in [-0.39, 0.29) is 0 Å². The summed E-state index contributed by atoms with van der Waals surface area (Å²) in [4.78, 5) is 9.35. The number of hydrogen-bond donors (Lipinski definition) is 1. The van der Waals surface area contributed by atoms with Crippen LogP contribution >= 0.6 is 0 Å². The number of nitrogens with one attached hydrogen (secondary N) is 1. The predicted octanol–water partition coefficient (Wildman–Crippen LogP) is 4.25. The minimum atomic E-state index is 0.675. The van der Waals surface area contributed by atoms with Gasteiger partial charge in [0.05, 0.1) is 0 Å². The van der Waals surface area contributed by atoms with E-state index in [1.807, 2.05) is 7.05 Å². The van der Waals surface area contributed by atoms with Gasteiger partial charge in [-0.1, -0.05) is 45.0 Å². The zero-order valence-corrected chi connectivity index (χ0v) is 13.7. The largest absolute Gasteiger partial charge is 0.373 e. The summed E-state index contributed by atoms with van der Waals surface area (Å²) in [6.45, 7) is 8.68. The summed E-state index contributed by atoms with van der Waals surface area (Å²) in [6, 6.07) is 8.62. The summed E-state index contributed by atoms with van der Waals surface area (Å²) >= 11 is 0. The van der Waals surface area contributed by atoms with Gasteiger partial charge in [0.15, 0.2) is 5.82 Å². The third-order valence-electron chi connectivity index (χ3n) is 3.67. The topological polar surface area (TPSA) is 37.8 Å². The molecule has 2 rings (SSSR count). The lowest BCUT2D eigenvalue weighted by molar-refractivity contribution is 0.647. The average Bonchev–Trinajstić information content (AvgIpc) is 2.48. The van der Waals surface area contributed by atoms with Crippen LogP contribution in [0.15, 0.2) is 24.3 Å². The number of anilines is 1. The molecule has 3 heteroatoms. The molecule has 1 N–H and O–H groups in total. The first-order valence-electron chi connectivity index (χ1n) is 7.69. The fourth-order valence-electron chi connectivity index (χ4n) is 2.54. The highest BCUT2D eigenvalue weighted by Crippen LogP contribution is 2.23. The highest BCUT2D eigenvalue weighted by Gasteiger charge is 2.10. The molecule has 3 nitrogen and oxygen atoms in total. The Bertz CT molecular complexity index is 575. The highest BCUT2D eigenvalue weighted by molar-refractivity contribution is 5.60. The van der Waals surface area contributed by atoms with Gasteiger partial charge in [-0.15, -0.1) is 0 Å². The van der Waals surface area contributed by atoms with Crippen LogP contribution in [0.3, 0.4) is 0 Å². The Hall–Kier alpha value is -1.90. The van der Waals surface area contributed by atoms with Gasteiger partial charge in [-0.25, -0.2) is 9.97 Å². The van der Waals surface area contributed by atoms with E-state index >= 15 is 0 Å². The van der Waals surface area contributed by atoms with Crippen LogP contribution in [-0.4, -0.2) is 17.0 Å². The van der Waals surface area contributed by atoms with Crippen LogP contribution in [-0.2, 0) is 12.8 Å². The fourth-order valence-corrected chi connectivity index (χ4v) is 2.54. The third-order valence-corrected chi connectivity index (χ3v) is 3.67. The van der Waals surface area contributed by atoms with Gasteiger partial charge in [0.2, 0.25) is 0 Å². The number of hydrogen-bond acceptors (Lipinski definition) is 3. The summed E-state index contributed by atoms with van der Waals surface area (Å²) in [5.74, 6) is 2.40. The second-order valence-electron chi connectivity index (χ2n) is 5.87. The van der Waals surface area contributed by atoms with Gasteiger partial charge in [0.25, 0.3) is 0 Å². The summed E-state index contributed by atoms with van der Waals surface area (Å²) in [5, 5.41) is 3.17. The first-order chi connectivity index (χ1) is 10.0. The minimum Gasteiger partial charge on any atom is -0.373 e. The molecule has 0 bridgehead atoms. The monoisotopic (exact) mass is 283 g/mol. The van der Waals surface area contributed by atoms with Crippen LogP contribution in [0, 0.1) is 12.8 Å². The molecule has 0 atom stereocenters. The number of benzene rings is 1. The van der Waals surface area contributed by atoms with Crippen LogP contribution < -0.4 is 5.32 Å². The molecule has 2 aromatic rings. The normalized spacial score (nSPS) is 11.0. The molecule has 0 fully saturated rings. The van der Waals surface area contributed by atoms with Crippen molar-refractivity contribution in [3.05, 3.63) is 41.1 Å². The van der Waals surface area contributed by atoms with E-state index in [0.29, 0.717) is 5.92 Å². The number of rotatable bonds is 5. The lowest BCUT2D eigenvalue weighted by Crippen LogP contribution is -2.04. The number of aryl methyl sites for hydroxylation is 1. The van der Waals surface area contributed by atoms with E-state index in [4.69, 9.17) is 4.98 Å². The van der Waals surface area contributed by atoms with Crippen molar-refractivity contribution in [1.29, 1.82) is 0 Å². The third kappa shape index (κ3) is 3.60. The van der Waals surface area contributed by atoms with E-state index in [2.05, 4.69) is 62.3 Å². The lowest BCUT2D eigenvalue weighted by atomic mass is 10.0. The molecule has 0 saturated carbocycles. The maximum atomic E-state index is 4.71. The smallest absolute Gasteiger partial charge is 0.161 e. The van der Waals surface area contributed by atoms with Crippen LogP contribution in [0.25, 0.3) is 11.4 Å². The first-order valence-corrected chi connectivity index (χ1v) is 7.69. The fraction of sp³-hybridized carbons (Fsp3) is 0.444. The van der Waals surface area contributed by atoms with Gasteiger partial charge in [-0.2, -0.15) is 0 Å². The maximum Gasteiger partial charge on any atom is 0.161 e. The molecule has 0 radical (unpaired) electrons. The van der Waals surface area contributed by atoms with Gasteiger partial charge in [-0.05, 0) is 31.2 Å². The maximum absolute atomic E-state index is 4.71. The molecule has 0 amide bonds. The summed E-state index contributed by atoms with van der Waals surface area (Å²) in [6.07, 6.45) is 2.03. The lowest BCUT2D eigenvalue weighted by Gasteiger charge is -2.12. The Labute approximate surface area is 127 Å². The standard InChI is InChI=1S/C18H25N3/c1-6-16-13(4)17(19-5)21-18(20-16)15-9-7-14(8-10-15)11-12(2)3/h7-10,12H,6,11H2,1-5H3,(H,19,20,21). The van der Waals surface area contributed by atoms with Gasteiger partial charge >= 0.3 is 0 Å². The van der Waals surface area contributed by atoms with E-state index < -0.39 is 0 Å². The first kappa shape index (κ1) is 15.5. The van der Waals surface area contributed by atoms with Crippen LogP contribution in [0.2, 0.25) is 0 Å². The molecule has 1 aromatic carbocycles. The Morgan fingerprint density at radius 3 is 2.29 bits per heavy atom. The van der Waals surface area contributed by atoms with E-state index in [0.717, 1.165) is 41.3 Å². The molecule has 1 aromatic heterocycles. The summed E-state index contributed by atoms with van der Waals surface area (Å²) < 4.78 is 0. The average molecular weight is 283 g/mol. The molecular formula is C18H25N3. The Kier molecular flexibility index (Phi) is 4.94. The summed E-state index contributed by atoms with van der Waals surface area (Å²) in [5.41, 5.74) is 4.69. The van der Waals surface area contributed by atoms with Crippen molar-refractivity contribution in [1.82, 2.24) is 9.97 Å². The van der Waals surface area contributed by atoms with Crippen molar-refractivity contribution in [2.24, 2.45) is 5.92 Å².